The molecule has 3 rings (SSSR count). The molecule has 0 aromatic heterocycles. The van der Waals surface area contributed by atoms with E-state index in [0.717, 1.165) is 26.2 Å². The van der Waals surface area contributed by atoms with Crippen LogP contribution in [0.15, 0.2) is 54.6 Å². The number of nitrogens with zero attached hydrogens (tertiary/aromatic N) is 1. The van der Waals surface area contributed by atoms with Gasteiger partial charge < -0.3 is 24.3 Å². The molecule has 1 unspecified atom stereocenters. The molecule has 1 aliphatic rings. The van der Waals surface area contributed by atoms with E-state index in [9.17, 15) is 0 Å². The summed E-state index contributed by atoms with van der Waals surface area (Å²) in [6, 6.07) is 15.3. The number of phosphoric acid groups is 1. The van der Waals surface area contributed by atoms with Gasteiger partial charge in [-0.2, -0.15) is 0 Å². The van der Waals surface area contributed by atoms with Crippen LogP contribution in [0.4, 0.5) is 0 Å². The Bertz CT molecular complexity index is 816. The van der Waals surface area contributed by atoms with Crippen molar-refractivity contribution in [2.75, 3.05) is 32.8 Å². The molecule has 0 amide bonds. The van der Waals surface area contributed by atoms with Gasteiger partial charge in [0.25, 0.3) is 0 Å². The van der Waals surface area contributed by atoms with E-state index >= 15 is 0 Å². The van der Waals surface area contributed by atoms with Crippen LogP contribution in [0.3, 0.4) is 0 Å². The lowest BCUT2D eigenvalue weighted by molar-refractivity contribution is 0.0874. The molecule has 2 aromatic carbocycles. The first-order chi connectivity index (χ1) is 14.4. The van der Waals surface area contributed by atoms with Gasteiger partial charge in [0.1, 0.15) is 0 Å². The monoisotopic (exact) mass is 435 g/mol. The summed E-state index contributed by atoms with van der Waals surface area (Å²) in [4.78, 5) is 24.1. The Labute approximate surface area is 179 Å². The van der Waals surface area contributed by atoms with E-state index in [4.69, 9.17) is 24.0 Å². The summed E-state index contributed by atoms with van der Waals surface area (Å²) >= 11 is 0. The van der Waals surface area contributed by atoms with Crippen molar-refractivity contribution < 1.29 is 24.0 Å². The fourth-order valence-electron chi connectivity index (χ4n) is 3.79. The first-order valence-electron chi connectivity index (χ1n) is 10.6. The second kappa shape index (κ2) is 13.0. The smallest absolute Gasteiger partial charge is 0.379 e. The Morgan fingerprint density at radius 2 is 1.73 bits per heavy atom. The summed E-state index contributed by atoms with van der Waals surface area (Å²) in [6.45, 7) is 7.30. The van der Waals surface area contributed by atoms with Crippen LogP contribution in [-0.2, 0) is 9.30 Å². The van der Waals surface area contributed by atoms with E-state index in [1.54, 1.807) is 0 Å². The Balaban J connectivity index is 0.000000575. The number of likely N-dealkylation sites (tertiary alicyclic amines) is 1. The van der Waals surface area contributed by atoms with Crippen molar-refractivity contribution in [3.05, 3.63) is 60.2 Å². The molecule has 7 heteroatoms. The third kappa shape index (κ3) is 9.52. The standard InChI is InChI=1S/C23H31NO.H3O4P/c1-2-3-10-21(19-25-18-17-24-15-7-4-8-16-24)23-14-9-12-20-11-5-6-13-22(20)23;1-5(2,3)4/h2-3,5-6,9,11-14,21H,4,7-8,10,15-19H2,1H3;(H3,1,2,3,4)/b3-2+;. The Kier molecular flexibility index (Phi) is 10.7. The van der Waals surface area contributed by atoms with Crippen LogP contribution in [0.5, 0.6) is 0 Å². The lowest BCUT2D eigenvalue weighted by Crippen LogP contribution is -2.32. The highest BCUT2D eigenvalue weighted by Crippen LogP contribution is 2.29. The zero-order chi connectivity index (χ0) is 21.8. The number of rotatable bonds is 8. The predicted octanol–water partition coefficient (Wildman–Crippen LogP) is 4.46. The number of hydrogen-bond acceptors (Lipinski definition) is 3. The average Bonchev–Trinajstić information content (AvgIpc) is 2.72. The first kappa shape index (κ1) is 24.7. The van der Waals surface area contributed by atoms with Crippen molar-refractivity contribution in [3.63, 3.8) is 0 Å². The van der Waals surface area contributed by atoms with Gasteiger partial charge >= 0.3 is 7.82 Å². The van der Waals surface area contributed by atoms with Crippen molar-refractivity contribution in [1.82, 2.24) is 4.90 Å². The fourth-order valence-corrected chi connectivity index (χ4v) is 3.79. The molecule has 30 heavy (non-hydrogen) atoms. The zero-order valence-electron chi connectivity index (χ0n) is 17.7. The number of ether oxygens (including phenoxy) is 1. The number of hydrogen-bond donors (Lipinski definition) is 3. The zero-order valence-corrected chi connectivity index (χ0v) is 18.6. The molecule has 0 spiro atoms. The SMILES string of the molecule is C/C=C/CC(COCCN1CCCCC1)c1cccc2ccccc12.O=P(O)(O)O. The maximum atomic E-state index is 8.88. The fraction of sp³-hybridized carbons (Fsp3) is 0.478. The van der Waals surface area contributed by atoms with E-state index < -0.39 is 7.82 Å². The van der Waals surface area contributed by atoms with Gasteiger partial charge in [-0.3, -0.25) is 0 Å². The number of fused-ring (bicyclic) bond motifs is 1. The van der Waals surface area contributed by atoms with Crippen molar-refractivity contribution in [2.45, 2.75) is 38.5 Å². The normalized spacial score (nSPS) is 16.4. The Morgan fingerprint density at radius 1 is 1.07 bits per heavy atom. The molecule has 0 aliphatic carbocycles. The minimum absolute atomic E-state index is 0.420. The lowest BCUT2D eigenvalue weighted by atomic mass is 9.91. The topological polar surface area (TPSA) is 90.2 Å². The molecule has 166 valence electrons. The summed E-state index contributed by atoms with van der Waals surface area (Å²) in [5.41, 5.74) is 1.41. The highest BCUT2D eigenvalue weighted by molar-refractivity contribution is 7.45. The van der Waals surface area contributed by atoms with Gasteiger partial charge in [0, 0.05) is 12.5 Å². The van der Waals surface area contributed by atoms with Crippen LogP contribution in [0.1, 0.15) is 44.1 Å². The summed E-state index contributed by atoms with van der Waals surface area (Å²) in [6.07, 6.45) is 9.53. The molecule has 0 bridgehead atoms. The van der Waals surface area contributed by atoms with Gasteiger partial charge in [0.2, 0.25) is 0 Å². The van der Waals surface area contributed by atoms with E-state index in [2.05, 4.69) is 66.4 Å². The van der Waals surface area contributed by atoms with Crippen LogP contribution in [0.25, 0.3) is 10.8 Å². The molecule has 1 saturated heterocycles. The minimum Gasteiger partial charge on any atom is -0.379 e. The highest BCUT2D eigenvalue weighted by Gasteiger charge is 2.14. The molecule has 0 saturated carbocycles. The van der Waals surface area contributed by atoms with Gasteiger partial charge in [0.05, 0.1) is 13.2 Å². The second-order valence-corrected chi connectivity index (χ2v) is 8.59. The maximum Gasteiger partial charge on any atom is 0.466 e. The van der Waals surface area contributed by atoms with Crippen molar-refractivity contribution >= 4 is 18.6 Å². The van der Waals surface area contributed by atoms with Crippen LogP contribution in [0, 0.1) is 0 Å². The number of allylic oxidation sites excluding steroid dienone is 2. The van der Waals surface area contributed by atoms with Gasteiger partial charge in [0.15, 0.2) is 0 Å². The van der Waals surface area contributed by atoms with Crippen LogP contribution in [0.2, 0.25) is 0 Å². The maximum absolute atomic E-state index is 8.88. The molecule has 6 nitrogen and oxygen atoms in total. The summed E-state index contributed by atoms with van der Waals surface area (Å²) in [7, 11) is -4.64. The molecular formula is C23H34NO5P. The van der Waals surface area contributed by atoms with Crippen LogP contribution in [-0.4, -0.2) is 52.4 Å². The van der Waals surface area contributed by atoms with Gasteiger partial charge in [-0.05, 0) is 55.6 Å². The first-order valence-corrected chi connectivity index (χ1v) is 12.1. The largest absolute Gasteiger partial charge is 0.466 e. The molecule has 0 radical (unpaired) electrons. The lowest BCUT2D eigenvalue weighted by Gasteiger charge is -2.26. The quantitative estimate of drug-likeness (QED) is 0.322. The summed E-state index contributed by atoms with van der Waals surface area (Å²) in [5.74, 6) is 0.420. The van der Waals surface area contributed by atoms with Crippen molar-refractivity contribution in [1.29, 1.82) is 0 Å². The van der Waals surface area contributed by atoms with Crippen molar-refractivity contribution in [2.24, 2.45) is 0 Å². The second-order valence-electron chi connectivity index (χ2n) is 7.56. The van der Waals surface area contributed by atoms with Crippen LogP contribution >= 0.6 is 7.82 Å². The van der Waals surface area contributed by atoms with Crippen molar-refractivity contribution in [3.8, 4) is 0 Å². The number of benzene rings is 2. The highest BCUT2D eigenvalue weighted by atomic mass is 31.2. The third-order valence-electron chi connectivity index (χ3n) is 5.24. The average molecular weight is 436 g/mol. The number of piperidine rings is 1. The van der Waals surface area contributed by atoms with E-state index in [-0.39, 0.29) is 0 Å². The molecule has 1 heterocycles. The third-order valence-corrected chi connectivity index (χ3v) is 5.24. The van der Waals surface area contributed by atoms with Gasteiger partial charge in [-0.1, -0.05) is 61.0 Å². The molecule has 1 atom stereocenters. The molecule has 1 fully saturated rings. The van der Waals surface area contributed by atoms with E-state index in [1.165, 1.54) is 48.7 Å². The molecule has 3 N–H and O–H groups in total. The Hall–Kier alpha value is -1.53. The van der Waals surface area contributed by atoms with Gasteiger partial charge in [-0.15, -0.1) is 0 Å². The minimum atomic E-state index is -4.64. The molecular weight excluding hydrogens is 401 g/mol. The predicted molar refractivity (Wildman–Crippen MR) is 121 cm³/mol. The van der Waals surface area contributed by atoms with E-state index in [1.807, 2.05) is 0 Å². The van der Waals surface area contributed by atoms with Gasteiger partial charge in [-0.25, -0.2) is 4.57 Å². The summed E-state index contributed by atoms with van der Waals surface area (Å²) < 4.78 is 15.0. The van der Waals surface area contributed by atoms with Crippen LogP contribution < -0.4 is 0 Å². The Morgan fingerprint density at radius 3 is 2.43 bits per heavy atom. The summed E-state index contributed by atoms with van der Waals surface area (Å²) in [5, 5.41) is 2.68. The van der Waals surface area contributed by atoms with E-state index in [0.29, 0.717) is 5.92 Å². The molecule has 2 aromatic rings. The molecule has 1 aliphatic heterocycles.